The fourth-order valence-corrected chi connectivity index (χ4v) is 4.20. The van der Waals surface area contributed by atoms with Crippen molar-refractivity contribution in [3.05, 3.63) is 28.8 Å². The molecule has 0 saturated carbocycles. The number of nitrogens with one attached hydrogen (secondary N) is 1. The third-order valence-corrected chi connectivity index (χ3v) is 5.80. The van der Waals surface area contributed by atoms with Gasteiger partial charge in [0.15, 0.2) is 0 Å². The van der Waals surface area contributed by atoms with Gasteiger partial charge >= 0.3 is 6.18 Å². The number of halogens is 5. The Kier molecular flexibility index (Phi) is 6.74. The highest BCUT2D eigenvalue weighted by Crippen LogP contribution is 2.34. The summed E-state index contributed by atoms with van der Waals surface area (Å²) >= 11 is 5.66. The fourth-order valence-electron chi connectivity index (χ4n) is 2.41. The molecule has 4 nitrogen and oxygen atoms in total. The molecule has 1 fully saturated rings. The van der Waals surface area contributed by atoms with Crippen LogP contribution in [0.3, 0.4) is 0 Å². The molecule has 2 rings (SSSR count). The Balaban J connectivity index is 0.00000264. The zero-order valence-corrected chi connectivity index (χ0v) is 14.6. The molecule has 0 aromatic heterocycles. The Morgan fingerprint density at radius 3 is 2.30 bits per heavy atom. The van der Waals surface area contributed by atoms with Crippen LogP contribution in [0.4, 0.5) is 13.2 Å². The molecule has 0 bridgehead atoms. The zero-order chi connectivity index (χ0) is 16.5. The molecule has 0 amide bonds. The topological polar surface area (TPSA) is 49.4 Å². The van der Waals surface area contributed by atoms with E-state index in [-0.39, 0.29) is 23.5 Å². The van der Waals surface area contributed by atoms with E-state index in [1.54, 1.807) is 0 Å². The number of nitrogens with zero attached hydrogens (tertiary/aromatic N) is 1. The van der Waals surface area contributed by atoms with Crippen molar-refractivity contribution >= 4 is 34.0 Å². The molecule has 132 valence electrons. The minimum atomic E-state index is -4.65. The molecule has 0 aliphatic carbocycles. The van der Waals surface area contributed by atoms with Crippen LogP contribution in [0.5, 0.6) is 0 Å². The van der Waals surface area contributed by atoms with Gasteiger partial charge in [-0.3, -0.25) is 0 Å². The normalized spacial score (nSPS) is 17.1. The summed E-state index contributed by atoms with van der Waals surface area (Å²) in [7, 11) is -2.63. The van der Waals surface area contributed by atoms with Crippen molar-refractivity contribution in [3.63, 3.8) is 0 Å². The van der Waals surface area contributed by atoms with Crippen LogP contribution >= 0.6 is 24.0 Å². The first kappa shape index (κ1) is 20.5. The second-order valence-electron chi connectivity index (χ2n) is 5.18. The molecule has 0 spiro atoms. The van der Waals surface area contributed by atoms with Crippen LogP contribution in [0.25, 0.3) is 0 Å². The maximum absolute atomic E-state index is 12.8. The Bertz CT molecular complexity index is 647. The lowest BCUT2D eigenvalue weighted by molar-refractivity contribution is -0.137. The predicted octanol–water partition coefficient (Wildman–Crippen LogP) is 3.15. The van der Waals surface area contributed by atoms with Crippen molar-refractivity contribution in [3.8, 4) is 0 Å². The monoisotopic (exact) mass is 392 g/mol. The Morgan fingerprint density at radius 2 is 1.78 bits per heavy atom. The van der Waals surface area contributed by atoms with Gasteiger partial charge in [0.05, 0.1) is 10.5 Å². The average Bonchev–Trinajstić information content (AvgIpc) is 2.45. The first-order valence-electron chi connectivity index (χ1n) is 6.69. The van der Waals surface area contributed by atoms with Crippen molar-refractivity contribution in [2.45, 2.75) is 30.0 Å². The summed E-state index contributed by atoms with van der Waals surface area (Å²) in [5.41, 5.74) is -1.07. The number of sulfonamides is 1. The summed E-state index contributed by atoms with van der Waals surface area (Å²) in [4.78, 5) is -0.437. The summed E-state index contributed by atoms with van der Waals surface area (Å²) in [6, 6.07) is 2.15. The van der Waals surface area contributed by atoms with Gasteiger partial charge in [0.25, 0.3) is 0 Å². The Labute approximate surface area is 144 Å². The molecular formula is C13H17Cl2F3N2O2S. The molecule has 0 unspecified atom stereocenters. The van der Waals surface area contributed by atoms with Gasteiger partial charge in [-0.25, -0.2) is 8.42 Å². The van der Waals surface area contributed by atoms with E-state index in [0.717, 1.165) is 10.4 Å². The molecule has 1 aliphatic rings. The number of alkyl halides is 3. The highest BCUT2D eigenvalue weighted by Gasteiger charge is 2.34. The lowest BCUT2D eigenvalue weighted by Gasteiger charge is -2.31. The summed E-state index contributed by atoms with van der Waals surface area (Å²) in [6.07, 6.45) is -3.42. The van der Waals surface area contributed by atoms with Crippen LogP contribution in [0.2, 0.25) is 5.02 Å². The third-order valence-electron chi connectivity index (χ3n) is 3.70. The van der Waals surface area contributed by atoms with Crippen LogP contribution in [0.15, 0.2) is 23.1 Å². The number of benzene rings is 1. The lowest BCUT2D eigenvalue weighted by atomic mass is 10.1. The van der Waals surface area contributed by atoms with Crippen molar-refractivity contribution in [1.29, 1.82) is 0 Å². The third kappa shape index (κ3) is 4.73. The average molecular weight is 393 g/mol. The molecule has 1 N–H and O–H groups in total. The van der Waals surface area contributed by atoms with Gasteiger partial charge in [-0.15, -0.1) is 12.4 Å². The zero-order valence-electron chi connectivity index (χ0n) is 12.2. The first-order valence-corrected chi connectivity index (χ1v) is 8.51. The Morgan fingerprint density at radius 1 is 1.22 bits per heavy atom. The SMILES string of the molecule is CN(C1CCNCC1)S(=O)(=O)c1cc(Cl)cc(C(F)(F)F)c1.Cl. The van der Waals surface area contributed by atoms with Crippen molar-refractivity contribution < 1.29 is 21.6 Å². The number of hydrogen-bond acceptors (Lipinski definition) is 3. The van der Waals surface area contributed by atoms with E-state index in [9.17, 15) is 21.6 Å². The van der Waals surface area contributed by atoms with Gasteiger partial charge in [0.1, 0.15) is 0 Å². The van der Waals surface area contributed by atoms with E-state index >= 15 is 0 Å². The van der Waals surface area contributed by atoms with Crippen molar-refractivity contribution in [2.75, 3.05) is 20.1 Å². The van der Waals surface area contributed by atoms with Gasteiger partial charge in [-0.1, -0.05) is 11.6 Å². The molecule has 1 aromatic carbocycles. The van der Waals surface area contributed by atoms with Crippen LogP contribution in [0, 0.1) is 0 Å². The van der Waals surface area contributed by atoms with Crippen LogP contribution < -0.4 is 5.32 Å². The molecule has 10 heteroatoms. The van der Waals surface area contributed by atoms with Gasteiger partial charge in [0, 0.05) is 18.1 Å². The van der Waals surface area contributed by atoms with Crippen LogP contribution in [-0.4, -0.2) is 38.9 Å². The first-order chi connectivity index (χ1) is 10.1. The highest BCUT2D eigenvalue weighted by molar-refractivity contribution is 7.89. The van der Waals surface area contributed by atoms with E-state index in [1.165, 1.54) is 7.05 Å². The summed E-state index contributed by atoms with van der Waals surface area (Å²) in [5, 5.41) is 2.85. The van der Waals surface area contributed by atoms with Crippen molar-refractivity contribution in [1.82, 2.24) is 9.62 Å². The standard InChI is InChI=1S/C13H16ClF3N2O2S.ClH/c1-19(11-2-4-18-5-3-11)22(20,21)12-7-9(13(15,16)17)6-10(14)8-12;/h6-8,11,18H,2-5H2,1H3;1H. The second kappa shape index (κ2) is 7.57. The molecular weight excluding hydrogens is 376 g/mol. The molecule has 0 radical (unpaired) electrons. The van der Waals surface area contributed by atoms with E-state index in [0.29, 0.717) is 38.1 Å². The summed E-state index contributed by atoms with van der Waals surface area (Å²) in [5.74, 6) is 0. The largest absolute Gasteiger partial charge is 0.416 e. The minimum Gasteiger partial charge on any atom is -0.317 e. The van der Waals surface area contributed by atoms with Gasteiger partial charge in [-0.2, -0.15) is 17.5 Å². The maximum atomic E-state index is 12.8. The molecule has 1 saturated heterocycles. The molecule has 1 heterocycles. The predicted molar refractivity (Wildman–Crippen MR) is 84.5 cm³/mol. The van der Waals surface area contributed by atoms with E-state index in [1.807, 2.05) is 0 Å². The van der Waals surface area contributed by atoms with Crippen molar-refractivity contribution in [2.24, 2.45) is 0 Å². The number of piperidine rings is 1. The second-order valence-corrected chi connectivity index (χ2v) is 7.61. The number of rotatable bonds is 3. The fraction of sp³-hybridized carbons (Fsp3) is 0.538. The van der Waals surface area contributed by atoms with Gasteiger partial charge < -0.3 is 5.32 Å². The van der Waals surface area contributed by atoms with E-state index in [4.69, 9.17) is 11.6 Å². The molecule has 1 aliphatic heterocycles. The van der Waals surface area contributed by atoms with Crippen LogP contribution in [-0.2, 0) is 16.2 Å². The van der Waals surface area contributed by atoms with Gasteiger partial charge in [-0.05, 0) is 44.1 Å². The molecule has 0 atom stereocenters. The van der Waals surface area contributed by atoms with E-state index in [2.05, 4.69) is 5.32 Å². The maximum Gasteiger partial charge on any atom is 0.416 e. The smallest absolute Gasteiger partial charge is 0.317 e. The molecule has 23 heavy (non-hydrogen) atoms. The quantitative estimate of drug-likeness (QED) is 0.859. The molecule has 1 aromatic rings. The summed E-state index contributed by atoms with van der Waals surface area (Å²) in [6.45, 7) is 1.35. The van der Waals surface area contributed by atoms with Gasteiger partial charge in [0.2, 0.25) is 10.0 Å². The summed E-state index contributed by atoms with van der Waals surface area (Å²) < 4.78 is 64.7. The lowest BCUT2D eigenvalue weighted by Crippen LogP contribution is -2.43. The minimum absolute atomic E-state index is 0. The Hall–Kier alpha value is -0.540. The number of hydrogen-bond donors (Lipinski definition) is 1. The highest BCUT2D eigenvalue weighted by atomic mass is 35.5. The van der Waals surface area contributed by atoms with Crippen LogP contribution in [0.1, 0.15) is 18.4 Å². The van der Waals surface area contributed by atoms with E-state index < -0.39 is 26.7 Å².